The lowest BCUT2D eigenvalue weighted by Crippen LogP contribution is -2.42. The van der Waals surface area contributed by atoms with E-state index in [1.807, 2.05) is 17.5 Å². The van der Waals surface area contributed by atoms with E-state index < -0.39 is 10.0 Å². The van der Waals surface area contributed by atoms with Gasteiger partial charge < -0.3 is 4.90 Å². The summed E-state index contributed by atoms with van der Waals surface area (Å²) in [4.78, 5) is 15.8. The van der Waals surface area contributed by atoms with Gasteiger partial charge in [0.1, 0.15) is 5.82 Å². The second-order valence-corrected chi connectivity index (χ2v) is 10.4. The Labute approximate surface area is 196 Å². The Morgan fingerprint density at radius 3 is 2.34 bits per heavy atom. The van der Waals surface area contributed by atoms with Crippen LogP contribution in [0.5, 0.6) is 0 Å². The molecule has 3 aromatic rings. The summed E-state index contributed by atoms with van der Waals surface area (Å²) in [5, 5.41) is 2.32. The van der Waals surface area contributed by atoms with Crippen LogP contribution < -0.4 is 0 Å². The SMILES string of the molecule is C=CCN(CC(=O)N(Cc1ccc(F)cc1)Cc1cccs1)S(=O)(=O)c1ccc(Cl)cc1. The molecule has 0 bridgehead atoms. The van der Waals surface area contributed by atoms with Gasteiger partial charge in [0.15, 0.2) is 0 Å². The van der Waals surface area contributed by atoms with E-state index in [2.05, 4.69) is 6.58 Å². The van der Waals surface area contributed by atoms with Crippen LogP contribution in [0.4, 0.5) is 4.39 Å². The maximum absolute atomic E-state index is 13.3. The first-order valence-corrected chi connectivity index (χ1v) is 12.4. The van der Waals surface area contributed by atoms with Gasteiger partial charge in [-0.15, -0.1) is 17.9 Å². The fourth-order valence-electron chi connectivity index (χ4n) is 3.03. The molecule has 0 unspecified atom stereocenters. The highest BCUT2D eigenvalue weighted by Gasteiger charge is 2.28. The Morgan fingerprint density at radius 2 is 1.75 bits per heavy atom. The number of amides is 1. The molecule has 3 rings (SSSR count). The van der Waals surface area contributed by atoms with Gasteiger partial charge in [-0.3, -0.25) is 4.79 Å². The topological polar surface area (TPSA) is 57.7 Å². The van der Waals surface area contributed by atoms with Crippen molar-refractivity contribution in [2.24, 2.45) is 0 Å². The lowest BCUT2D eigenvalue weighted by molar-refractivity contribution is -0.132. The second-order valence-electron chi connectivity index (χ2n) is 7.00. The molecule has 0 N–H and O–H groups in total. The van der Waals surface area contributed by atoms with Crippen LogP contribution >= 0.6 is 22.9 Å². The van der Waals surface area contributed by atoms with Crippen molar-refractivity contribution < 1.29 is 17.6 Å². The smallest absolute Gasteiger partial charge is 0.243 e. The summed E-state index contributed by atoms with van der Waals surface area (Å²) in [6.45, 7) is 3.78. The predicted molar refractivity (Wildman–Crippen MR) is 125 cm³/mol. The van der Waals surface area contributed by atoms with E-state index in [4.69, 9.17) is 11.6 Å². The zero-order valence-electron chi connectivity index (χ0n) is 17.2. The third-order valence-electron chi connectivity index (χ3n) is 4.66. The molecule has 0 aliphatic rings. The van der Waals surface area contributed by atoms with Gasteiger partial charge in [-0.1, -0.05) is 35.9 Å². The molecule has 0 fully saturated rings. The van der Waals surface area contributed by atoms with E-state index >= 15 is 0 Å². The van der Waals surface area contributed by atoms with Crippen molar-refractivity contribution in [3.63, 3.8) is 0 Å². The molecule has 1 amide bonds. The average molecular weight is 493 g/mol. The molecule has 0 radical (unpaired) electrons. The maximum atomic E-state index is 13.3. The van der Waals surface area contributed by atoms with Crippen molar-refractivity contribution in [2.75, 3.05) is 13.1 Å². The zero-order chi connectivity index (χ0) is 23.1. The van der Waals surface area contributed by atoms with Crippen molar-refractivity contribution in [2.45, 2.75) is 18.0 Å². The zero-order valence-corrected chi connectivity index (χ0v) is 19.5. The molecule has 1 aromatic heterocycles. The summed E-state index contributed by atoms with van der Waals surface area (Å²) in [5.74, 6) is -0.738. The van der Waals surface area contributed by atoms with E-state index in [0.29, 0.717) is 11.6 Å². The number of hydrogen-bond donors (Lipinski definition) is 0. The fourth-order valence-corrected chi connectivity index (χ4v) is 5.24. The first-order chi connectivity index (χ1) is 15.3. The second kappa shape index (κ2) is 10.9. The summed E-state index contributed by atoms with van der Waals surface area (Å²) >= 11 is 7.38. The lowest BCUT2D eigenvalue weighted by atomic mass is 10.2. The number of sulfonamides is 1. The lowest BCUT2D eigenvalue weighted by Gasteiger charge is -2.26. The minimum atomic E-state index is -3.94. The van der Waals surface area contributed by atoms with Gasteiger partial charge in [0.2, 0.25) is 15.9 Å². The average Bonchev–Trinajstić information content (AvgIpc) is 3.28. The largest absolute Gasteiger partial charge is 0.332 e. The standard InChI is InChI=1S/C23H22ClFN2O3S2/c1-2-13-27(32(29,30)22-11-7-19(24)8-12-22)17-23(28)26(16-21-4-3-14-31-21)15-18-5-9-20(25)10-6-18/h2-12,14H,1,13,15-17H2. The Balaban J connectivity index is 1.84. The Hall–Kier alpha value is -2.52. The van der Waals surface area contributed by atoms with E-state index in [1.54, 1.807) is 17.0 Å². The van der Waals surface area contributed by atoms with Gasteiger partial charge in [0.25, 0.3) is 0 Å². The number of rotatable bonds is 10. The van der Waals surface area contributed by atoms with Crippen molar-refractivity contribution in [1.82, 2.24) is 9.21 Å². The number of nitrogens with zero attached hydrogens (tertiary/aromatic N) is 2. The Morgan fingerprint density at radius 1 is 1.06 bits per heavy atom. The number of thiophene rings is 1. The summed E-state index contributed by atoms with van der Waals surface area (Å²) in [6.07, 6.45) is 1.43. The molecule has 0 spiro atoms. The molecule has 32 heavy (non-hydrogen) atoms. The van der Waals surface area contributed by atoms with Gasteiger partial charge >= 0.3 is 0 Å². The van der Waals surface area contributed by atoms with Gasteiger partial charge in [0, 0.05) is 23.0 Å². The number of carbonyl (C=O) groups excluding carboxylic acids is 1. The molecule has 0 aliphatic heterocycles. The summed E-state index contributed by atoms with van der Waals surface area (Å²) in [6, 6.07) is 15.4. The molecule has 0 atom stereocenters. The predicted octanol–water partition coefficient (Wildman–Crippen LogP) is 4.95. The van der Waals surface area contributed by atoms with Crippen LogP contribution in [0.25, 0.3) is 0 Å². The molecule has 168 valence electrons. The van der Waals surface area contributed by atoms with Crippen LogP contribution in [0.1, 0.15) is 10.4 Å². The summed E-state index contributed by atoms with van der Waals surface area (Å²) in [7, 11) is -3.94. The quantitative estimate of drug-likeness (QED) is 0.376. The van der Waals surface area contributed by atoms with Crippen LogP contribution in [0.15, 0.2) is 83.6 Å². The Kier molecular flexibility index (Phi) is 8.20. The molecular weight excluding hydrogens is 471 g/mol. The van der Waals surface area contributed by atoms with Gasteiger partial charge in [-0.2, -0.15) is 4.31 Å². The third kappa shape index (κ3) is 6.26. The first kappa shape index (κ1) is 24.1. The first-order valence-electron chi connectivity index (χ1n) is 9.71. The van der Waals surface area contributed by atoms with Crippen molar-refractivity contribution in [1.29, 1.82) is 0 Å². The molecular formula is C23H22ClFN2O3S2. The minimum Gasteiger partial charge on any atom is -0.332 e. The fraction of sp³-hybridized carbons (Fsp3) is 0.174. The molecule has 2 aromatic carbocycles. The molecule has 0 aliphatic carbocycles. The highest BCUT2D eigenvalue weighted by Crippen LogP contribution is 2.20. The van der Waals surface area contributed by atoms with E-state index in [9.17, 15) is 17.6 Å². The number of halogens is 2. The Bertz CT molecular complexity index is 1150. The summed E-state index contributed by atoms with van der Waals surface area (Å²) < 4.78 is 40.6. The minimum absolute atomic E-state index is 0.0277. The number of hydrogen-bond acceptors (Lipinski definition) is 4. The molecule has 0 saturated carbocycles. The van der Waals surface area contributed by atoms with E-state index in [0.717, 1.165) is 14.7 Å². The van der Waals surface area contributed by atoms with Crippen LogP contribution in [-0.2, 0) is 27.9 Å². The van der Waals surface area contributed by atoms with E-state index in [1.165, 1.54) is 53.8 Å². The molecule has 5 nitrogen and oxygen atoms in total. The highest BCUT2D eigenvalue weighted by atomic mass is 35.5. The molecule has 9 heteroatoms. The monoisotopic (exact) mass is 492 g/mol. The van der Waals surface area contributed by atoms with Gasteiger partial charge in [0.05, 0.1) is 18.0 Å². The van der Waals surface area contributed by atoms with Crippen LogP contribution in [0.3, 0.4) is 0 Å². The van der Waals surface area contributed by atoms with Crippen molar-refractivity contribution in [3.8, 4) is 0 Å². The number of carbonyl (C=O) groups is 1. The number of benzene rings is 2. The molecule has 0 saturated heterocycles. The van der Waals surface area contributed by atoms with Crippen LogP contribution in [-0.4, -0.2) is 36.6 Å². The van der Waals surface area contributed by atoms with Crippen molar-refractivity contribution >= 4 is 38.9 Å². The van der Waals surface area contributed by atoms with Gasteiger partial charge in [-0.05, 0) is 53.4 Å². The highest BCUT2D eigenvalue weighted by molar-refractivity contribution is 7.89. The normalized spacial score (nSPS) is 11.5. The third-order valence-corrected chi connectivity index (χ3v) is 7.60. The van der Waals surface area contributed by atoms with Crippen LogP contribution in [0, 0.1) is 5.82 Å². The van der Waals surface area contributed by atoms with E-state index in [-0.39, 0.29) is 36.3 Å². The molecule has 1 heterocycles. The van der Waals surface area contributed by atoms with Gasteiger partial charge in [-0.25, -0.2) is 12.8 Å². The van der Waals surface area contributed by atoms with Crippen molar-refractivity contribution in [3.05, 3.63) is 100.0 Å². The summed E-state index contributed by atoms with van der Waals surface area (Å²) in [5.41, 5.74) is 0.743. The maximum Gasteiger partial charge on any atom is 0.243 e. The van der Waals surface area contributed by atoms with Crippen LogP contribution in [0.2, 0.25) is 5.02 Å².